The molecular formula is C13H12FNO5. The molecule has 1 fully saturated rings. The number of benzene rings is 1. The van der Waals surface area contributed by atoms with Crippen LogP contribution in [0.1, 0.15) is 16.8 Å². The van der Waals surface area contributed by atoms with Crippen molar-refractivity contribution in [2.45, 2.75) is 6.42 Å². The summed E-state index contributed by atoms with van der Waals surface area (Å²) in [6, 6.07) is 3.47. The summed E-state index contributed by atoms with van der Waals surface area (Å²) in [6.45, 7) is 0. The van der Waals surface area contributed by atoms with E-state index in [0.717, 1.165) is 19.2 Å². The van der Waals surface area contributed by atoms with E-state index in [9.17, 15) is 18.8 Å². The fraction of sp³-hybridized carbons (Fsp3) is 0.308. The number of carboxylic acid groups (broad SMARTS) is 1. The van der Waals surface area contributed by atoms with Crippen LogP contribution < -0.4 is 5.32 Å². The van der Waals surface area contributed by atoms with E-state index in [1.54, 1.807) is 0 Å². The first-order chi connectivity index (χ1) is 9.43. The summed E-state index contributed by atoms with van der Waals surface area (Å²) in [4.78, 5) is 33.7. The van der Waals surface area contributed by atoms with Crippen molar-refractivity contribution in [2.75, 3.05) is 12.4 Å². The maximum atomic E-state index is 13.4. The molecule has 0 radical (unpaired) electrons. The van der Waals surface area contributed by atoms with Crippen LogP contribution in [0, 0.1) is 17.7 Å². The minimum atomic E-state index is -1.01. The number of halogens is 1. The molecule has 0 spiro atoms. The van der Waals surface area contributed by atoms with Gasteiger partial charge in [-0.1, -0.05) is 0 Å². The number of ether oxygens (including phenoxy) is 1. The monoisotopic (exact) mass is 281 g/mol. The highest BCUT2D eigenvalue weighted by Gasteiger charge is 2.48. The smallest absolute Gasteiger partial charge is 0.340 e. The molecule has 7 heteroatoms. The Hall–Kier alpha value is -2.44. The summed E-state index contributed by atoms with van der Waals surface area (Å²) in [6.07, 6.45) is 0.284. The highest BCUT2D eigenvalue weighted by atomic mass is 19.1. The molecule has 0 bridgehead atoms. The number of carboxylic acids is 1. The van der Waals surface area contributed by atoms with E-state index in [1.807, 2.05) is 0 Å². The second-order valence-corrected chi connectivity index (χ2v) is 4.46. The third-order valence-corrected chi connectivity index (χ3v) is 3.08. The first kappa shape index (κ1) is 14.0. The SMILES string of the molecule is COC(=O)c1cc(NC(=O)C2CC2C(=O)O)ccc1F. The van der Waals surface area contributed by atoms with Crippen molar-refractivity contribution in [3.8, 4) is 0 Å². The zero-order valence-corrected chi connectivity index (χ0v) is 10.6. The Balaban J connectivity index is 2.09. The van der Waals surface area contributed by atoms with Crippen LogP contribution in [0.5, 0.6) is 0 Å². The van der Waals surface area contributed by atoms with Gasteiger partial charge in [0, 0.05) is 5.69 Å². The topological polar surface area (TPSA) is 92.7 Å². The van der Waals surface area contributed by atoms with Crippen LogP contribution in [0.25, 0.3) is 0 Å². The first-order valence-electron chi connectivity index (χ1n) is 5.85. The maximum absolute atomic E-state index is 13.4. The largest absolute Gasteiger partial charge is 0.481 e. The van der Waals surface area contributed by atoms with Gasteiger partial charge in [0.1, 0.15) is 5.82 Å². The van der Waals surface area contributed by atoms with E-state index in [2.05, 4.69) is 10.1 Å². The summed E-state index contributed by atoms with van der Waals surface area (Å²) >= 11 is 0. The van der Waals surface area contributed by atoms with Gasteiger partial charge in [0.15, 0.2) is 0 Å². The number of nitrogens with one attached hydrogen (secondary N) is 1. The van der Waals surface area contributed by atoms with E-state index in [0.29, 0.717) is 0 Å². The number of hydrogen-bond acceptors (Lipinski definition) is 4. The van der Waals surface area contributed by atoms with Gasteiger partial charge in [-0.15, -0.1) is 0 Å². The number of aliphatic carboxylic acids is 1. The summed E-state index contributed by atoms with van der Waals surface area (Å²) in [5.41, 5.74) is -0.0799. The quantitative estimate of drug-likeness (QED) is 0.811. The van der Waals surface area contributed by atoms with Crippen molar-refractivity contribution in [1.82, 2.24) is 0 Å². The molecule has 1 saturated carbocycles. The lowest BCUT2D eigenvalue weighted by molar-refractivity contribution is -0.139. The molecule has 2 unspecified atom stereocenters. The molecule has 1 aromatic rings. The molecule has 106 valence electrons. The van der Waals surface area contributed by atoms with Crippen LogP contribution in [0.4, 0.5) is 10.1 Å². The lowest BCUT2D eigenvalue weighted by Gasteiger charge is -2.07. The van der Waals surface area contributed by atoms with Gasteiger partial charge in [0.25, 0.3) is 0 Å². The van der Waals surface area contributed by atoms with Gasteiger partial charge < -0.3 is 15.2 Å². The molecule has 1 aliphatic rings. The fourth-order valence-electron chi connectivity index (χ4n) is 1.86. The van der Waals surface area contributed by atoms with Crippen LogP contribution in [-0.4, -0.2) is 30.1 Å². The predicted octanol–water partition coefficient (Wildman–Crippen LogP) is 1.27. The van der Waals surface area contributed by atoms with Crippen molar-refractivity contribution in [1.29, 1.82) is 0 Å². The number of hydrogen-bond donors (Lipinski definition) is 2. The standard InChI is InChI=1S/C13H12FNO5/c1-20-13(19)9-4-6(2-3-10(9)14)15-11(16)7-5-8(7)12(17)18/h2-4,7-8H,5H2,1H3,(H,15,16)(H,17,18). The maximum Gasteiger partial charge on any atom is 0.340 e. The van der Waals surface area contributed by atoms with Crippen molar-refractivity contribution >= 4 is 23.5 Å². The Labute approximate surface area is 113 Å². The van der Waals surface area contributed by atoms with Crippen molar-refractivity contribution < 1.29 is 28.6 Å². The Kier molecular flexibility index (Phi) is 3.69. The van der Waals surface area contributed by atoms with Crippen molar-refractivity contribution in [3.63, 3.8) is 0 Å². The highest BCUT2D eigenvalue weighted by molar-refractivity contribution is 5.99. The van der Waals surface area contributed by atoms with Crippen LogP contribution in [-0.2, 0) is 14.3 Å². The summed E-state index contributed by atoms with van der Waals surface area (Å²) < 4.78 is 17.8. The van der Waals surface area contributed by atoms with Crippen LogP contribution in [0.15, 0.2) is 18.2 Å². The summed E-state index contributed by atoms with van der Waals surface area (Å²) in [7, 11) is 1.12. The van der Waals surface area contributed by atoms with Gasteiger partial charge >= 0.3 is 11.9 Å². The lowest BCUT2D eigenvalue weighted by atomic mass is 10.2. The molecule has 2 N–H and O–H groups in total. The average molecular weight is 281 g/mol. The minimum absolute atomic E-state index is 0.216. The molecule has 20 heavy (non-hydrogen) atoms. The number of esters is 1. The fourth-order valence-corrected chi connectivity index (χ4v) is 1.86. The third-order valence-electron chi connectivity index (χ3n) is 3.08. The van der Waals surface area contributed by atoms with E-state index < -0.39 is 35.5 Å². The van der Waals surface area contributed by atoms with Crippen LogP contribution in [0.2, 0.25) is 0 Å². The van der Waals surface area contributed by atoms with Gasteiger partial charge in [0.05, 0.1) is 24.5 Å². The van der Waals surface area contributed by atoms with Crippen LogP contribution in [0.3, 0.4) is 0 Å². The molecule has 6 nitrogen and oxygen atoms in total. The predicted molar refractivity (Wildman–Crippen MR) is 65.6 cm³/mol. The second kappa shape index (κ2) is 5.28. The normalized spacial score (nSPS) is 20.1. The van der Waals surface area contributed by atoms with E-state index >= 15 is 0 Å². The first-order valence-corrected chi connectivity index (χ1v) is 5.85. The van der Waals surface area contributed by atoms with Gasteiger partial charge in [-0.2, -0.15) is 0 Å². The van der Waals surface area contributed by atoms with E-state index in [1.165, 1.54) is 6.07 Å². The zero-order valence-electron chi connectivity index (χ0n) is 10.6. The molecule has 1 amide bonds. The molecule has 0 aromatic heterocycles. The number of anilines is 1. The molecule has 1 aromatic carbocycles. The summed E-state index contributed by atoms with van der Waals surface area (Å²) in [5, 5.41) is 11.2. The Bertz CT molecular complexity index is 586. The third kappa shape index (κ3) is 2.76. The van der Waals surface area contributed by atoms with Gasteiger partial charge in [0.2, 0.25) is 5.91 Å². The Morgan fingerprint density at radius 2 is 2.05 bits per heavy atom. The van der Waals surface area contributed by atoms with E-state index in [4.69, 9.17) is 5.11 Å². The minimum Gasteiger partial charge on any atom is -0.481 e. The number of methoxy groups -OCH3 is 1. The molecule has 0 aliphatic heterocycles. The molecule has 2 rings (SSSR count). The Morgan fingerprint density at radius 1 is 1.35 bits per heavy atom. The number of carbonyl (C=O) groups excluding carboxylic acids is 2. The second-order valence-electron chi connectivity index (χ2n) is 4.46. The summed E-state index contributed by atoms with van der Waals surface area (Å²) in [5.74, 6) is -4.34. The average Bonchev–Trinajstić information content (AvgIpc) is 3.20. The molecular weight excluding hydrogens is 269 g/mol. The zero-order chi connectivity index (χ0) is 14.9. The molecule has 1 aliphatic carbocycles. The molecule has 2 atom stereocenters. The number of carbonyl (C=O) groups is 3. The molecule has 0 heterocycles. The van der Waals surface area contributed by atoms with Gasteiger partial charge in [-0.25, -0.2) is 9.18 Å². The van der Waals surface area contributed by atoms with Crippen molar-refractivity contribution in [2.24, 2.45) is 11.8 Å². The lowest BCUT2D eigenvalue weighted by Crippen LogP contribution is -2.17. The Morgan fingerprint density at radius 3 is 2.60 bits per heavy atom. The van der Waals surface area contributed by atoms with Gasteiger partial charge in [-0.3, -0.25) is 9.59 Å². The van der Waals surface area contributed by atoms with Crippen molar-refractivity contribution in [3.05, 3.63) is 29.6 Å². The highest BCUT2D eigenvalue weighted by Crippen LogP contribution is 2.39. The number of amides is 1. The number of rotatable bonds is 4. The van der Waals surface area contributed by atoms with Gasteiger partial charge in [-0.05, 0) is 24.6 Å². The van der Waals surface area contributed by atoms with E-state index in [-0.39, 0.29) is 17.7 Å². The van der Waals surface area contributed by atoms with Crippen LogP contribution >= 0.6 is 0 Å². The molecule has 0 saturated heterocycles.